The van der Waals surface area contributed by atoms with Gasteiger partial charge in [-0.1, -0.05) is 6.07 Å². The zero-order valence-electron chi connectivity index (χ0n) is 15.4. The second-order valence-corrected chi connectivity index (χ2v) is 6.93. The average Bonchev–Trinajstić information content (AvgIpc) is 3.17. The minimum Gasteiger partial charge on any atom is -0.454 e. The van der Waals surface area contributed by atoms with Gasteiger partial charge in [-0.15, -0.1) is 0 Å². The highest BCUT2D eigenvalue weighted by atomic mass is 16.7. The summed E-state index contributed by atoms with van der Waals surface area (Å²) < 4.78 is 10.7. The molecule has 0 atom stereocenters. The van der Waals surface area contributed by atoms with E-state index < -0.39 is 0 Å². The van der Waals surface area contributed by atoms with Gasteiger partial charge in [-0.3, -0.25) is 4.79 Å². The number of nitrogens with one attached hydrogen (secondary N) is 2. The van der Waals surface area contributed by atoms with Crippen LogP contribution in [0.4, 0.5) is 11.4 Å². The Morgan fingerprint density at radius 1 is 0.963 bits per heavy atom. The van der Waals surface area contributed by atoms with Gasteiger partial charge in [0.1, 0.15) is 0 Å². The third-order valence-corrected chi connectivity index (χ3v) is 4.92. The first kappa shape index (κ1) is 17.7. The largest absolute Gasteiger partial charge is 0.454 e. The normalized spacial score (nSPS) is 15.6. The van der Waals surface area contributed by atoms with E-state index in [4.69, 9.17) is 9.47 Å². The lowest BCUT2D eigenvalue weighted by Crippen LogP contribution is -2.29. The Kier molecular flexibility index (Phi) is 5.44. The molecule has 1 saturated heterocycles. The van der Waals surface area contributed by atoms with Crippen LogP contribution in [0.2, 0.25) is 0 Å². The van der Waals surface area contributed by atoms with Crippen LogP contribution in [0, 0.1) is 0 Å². The van der Waals surface area contributed by atoms with Crippen molar-refractivity contribution >= 4 is 17.3 Å². The zero-order chi connectivity index (χ0) is 18.5. The van der Waals surface area contributed by atoms with Crippen LogP contribution >= 0.6 is 0 Å². The van der Waals surface area contributed by atoms with Gasteiger partial charge < -0.3 is 25.0 Å². The summed E-state index contributed by atoms with van der Waals surface area (Å²) in [7, 11) is 0. The van der Waals surface area contributed by atoms with Crippen molar-refractivity contribution in [1.82, 2.24) is 5.32 Å². The van der Waals surface area contributed by atoms with Crippen molar-refractivity contribution < 1.29 is 14.3 Å². The predicted molar refractivity (Wildman–Crippen MR) is 105 cm³/mol. The van der Waals surface area contributed by atoms with Crippen LogP contribution in [-0.4, -0.2) is 32.3 Å². The van der Waals surface area contributed by atoms with E-state index in [9.17, 15) is 4.79 Å². The van der Waals surface area contributed by atoms with E-state index >= 15 is 0 Å². The molecule has 1 amide bonds. The number of anilines is 2. The first-order valence-corrected chi connectivity index (χ1v) is 9.52. The van der Waals surface area contributed by atoms with Gasteiger partial charge in [-0.25, -0.2) is 0 Å². The molecule has 27 heavy (non-hydrogen) atoms. The van der Waals surface area contributed by atoms with Crippen LogP contribution in [0.1, 0.15) is 24.8 Å². The van der Waals surface area contributed by atoms with Gasteiger partial charge in [-0.05, 0) is 61.2 Å². The Morgan fingerprint density at radius 3 is 2.56 bits per heavy atom. The van der Waals surface area contributed by atoms with Gasteiger partial charge in [0.2, 0.25) is 12.7 Å². The fourth-order valence-corrected chi connectivity index (χ4v) is 3.48. The lowest BCUT2D eigenvalue weighted by Gasteiger charge is -2.28. The molecular formula is C21H25N3O3. The molecule has 2 aliphatic heterocycles. The van der Waals surface area contributed by atoms with Crippen molar-refractivity contribution in [3.63, 3.8) is 0 Å². The molecule has 2 N–H and O–H groups in total. The summed E-state index contributed by atoms with van der Waals surface area (Å²) in [5, 5.41) is 6.09. The van der Waals surface area contributed by atoms with Crippen molar-refractivity contribution in [1.29, 1.82) is 0 Å². The number of rotatable bonds is 6. The standard InChI is InChI=1S/C21H25N3O3/c25-21(14-22-13-16-4-9-19-20(12-16)27-15-26-19)23-17-5-7-18(8-6-17)24-10-2-1-3-11-24/h4-9,12,22H,1-3,10-11,13-15H2,(H,23,25). The lowest BCUT2D eigenvalue weighted by atomic mass is 10.1. The second kappa shape index (κ2) is 8.31. The molecule has 0 unspecified atom stereocenters. The second-order valence-electron chi connectivity index (χ2n) is 6.93. The number of hydrogen-bond acceptors (Lipinski definition) is 5. The minimum atomic E-state index is -0.0542. The van der Waals surface area contributed by atoms with E-state index in [2.05, 4.69) is 27.7 Å². The number of carbonyl (C=O) groups excluding carboxylic acids is 1. The Hall–Kier alpha value is -2.73. The van der Waals surface area contributed by atoms with Gasteiger partial charge in [0, 0.05) is 31.0 Å². The van der Waals surface area contributed by atoms with Crippen molar-refractivity contribution in [2.45, 2.75) is 25.8 Å². The molecule has 6 heteroatoms. The number of carbonyl (C=O) groups is 1. The molecule has 2 aliphatic rings. The summed E-state index contributed by atoms with van der Waals surface area (Å²) in [5.74, 6) is 1.47. The van der Waals surface area contributed by atoms with E-state index in [-0.39, 0.29) is 19.2 Å². The number of hydrogen-bond donors (Lipinski definition) is 2. The third-order valence-electron chi connectivity index (χ3n) is 4.92. The molecule has 2 aromatic rings. The summed E-state index contributed by atoms with van der Waals surface area (Å²) in [6, 6.07) is 13.9. The molecule has 0 aliphatic carbocycles. The quantitative estimate of drug-likeness (QED) is 0.821. The highest BCUT2D eigenvalue weighted by Crippen LogP contribution is 2.32. The summed E-state index contributed by atoms with van der Waals surface area (Å²) in [4.78, 5) is 14.6. The predicted octanol–water partition coefficient (Wildman–Crippen LogP) is 3.13. The highest BCUT2D eigenvalue weighted by Gasteiger charge is 2.13. The maximum atomic E-state index is 12.1. The molecular weight excluding hydrogens is 342 g/mol. The first-order chi connectivity index (χ1) is 13.3. The van der Waals surface area contributed by atoms with E-state index in [1.54, 1.807) is 0 Å². The molecule has 0 spiro atoms. The Balaban J connectivity index is 1.23. The van der Waals surface area contributed by atoms with Gasteiger partial charge >= 0.3 is 0 Å². The van der Waals surface area contributed by atoms with Crippen LogP contribution in [0.3, 0.4) is 0 Å². The Labute approximate surface area is 159 Å². The molecule has 0 bridgehead atoms. The van der Waals surface area contributed by atoms with E-state index in [1.165, 1.54) is 24.9 Å². The van der Waals surface area contributed by atoms with Crippen LogP contribution in [0.5, 0.6) is 11.5 Å². The Bertz CT molecular complexity index is 786. The fourth-order valence-electron chi connectivity index (χ4n) is 3.48. The fraction of sp³-hybridized carbons (Fsp3) is 0.381. The van der Waals surface area contributed by atoms with E-state index in [1.807, 2.05) is 30.3 Å². The maximum Gasteiger partial charge on any atom is 0.238 e. The average molecular weight is 367 g/mol. The number of amides is 1. The topological polar surface area (TPSA) is 62.8 Å². The molecule has 0 radical (unpaired) electrons. The zero-order valence-corrected chi connectivity index (χ0v) is 15.4. The lowest BCUT2D eigenvalue weighted by molar-refractivity contribution is -0.115. The SMILES string of the molecule is O=C(CNCc1ccc2c(c1)OCO2)Nc1ccc(N2CCCCC2)cc1. The molecule has 2 aromatic carbocycles. The minimum absolute atomic E-state index is 0.0542. The number of nitrogens with zero attached hydrogens (tertiary/aromatic N) is 1. The summed E-state index contributed by atoms with van der Waals surface area (Å²) in [6.07, 6.45) is 3.84. The Morgan fingerprint density at radius 2 is 1.74 bits per heavy atom. The number of fused-ring (bicyclic) bond motifs is 1. The number of benzene rings is 2. The summed E-state index contributed by atoms with van der Waals surface area (Å²) in [6.45, 7) is 3.36. The van der Waals surface area contributed by atoms with Crippen LogP contribution < -0.4 is 25.0 Å². The number of ether oxygens (including phenoxy) is 2. The van der Waals surface area contributed by atoms with Crippen LogP contribution in [-0.2, 0) is 11.3 Å². The van der Waals surface area contributed by atoms with E-state index in [0.717, 1.165) is 35.8 Å². The molecule has 142 valence electrons. The first-order valence-electron chi connectivity index (χ1n) is 9.52. The number of piperidine rings is 1. The van der Waals surface area contributed by atoms with Gasteiger partial charge in [-0.2, -0.15) is 0 Å². The van der Waals surface area contributed by atoms with Gasteiger partial charge in [0.05, 0.1) is 6.54 Å². The molecule has 4 rings (SSSR count). The smallest absolute Gasteiger partial charge is 0.238 e. The van der Waals surface area contributed by atoms with Crippen molar-refractivity contribution in [3.8, 4) is 11.5 Å². The van der Waals surface area contributed by atoms with Crippen LogP contribution in [0.15, 0.2) is 42.5 Å². The maximum absolute atomic E-state index is 12.1. The van der Waals surface area contributed by atoms with Gasteiger partial charge in [0.15, 0.2) is 11.5 Å². The molecule has 0 aromatic heterocycles. The summed E-state index contributed by atoms with van der Waals surface area (Å²) in [5.41, 5.74) is 3.11. The summed E-state index contributed by atoms with van der Waals surface area (Å²) >= 11 is 0. The van der Waals surface area contributed by atoms with Crippen molar-refractivity contribution in [2.24, 2.45) is 0 Å². The molecule has 6 nitrogen and oxygen atoms in total. The van der Waals surface area contributed by atoms with E-state index in [0.29, 0.717) is 6.54 Å². The van der Waals surface area contributed by atoms with Crippen molar-refractivity contribution in [2.75, 3.05) is 36.6 Å². The van der Waals surface area contributed by atoms with Gasteiger partial charge in [0.25, 0.3) is 0 Å². The van der Waals surface area contributed by atoms with Crippen molar-refractivity contribution in [3.05, 3.63) is 48.0 Å². The highest BCUT2D eigenvalue weighted by molar-refractivity contribution is 5.92. The molecule has 0 saturated carbocycles. The van der Waals surface area contributed by atoms with Crippen LogP contribution in [0.25, 0.3) is 0 Å². The molecule has 2 heterocycles. The molecule has 1 fully saturated rings. The monoisotopic (exact) mass is 367 g/mol. The third kappa shape index (κ3) is 4.52.